The van der Waals surface area contributed by atoms with E-state index in [1.165, 1.54) is 0 Å². The van der Waals surface area contributed by atoms with Crippen LogP contribution in [0, 0.1) is 13.8 Å². The molecule has 0 unspecified atom stereocenters. The number of carbonyl (C=O) groups excluding carboxylic acids is 1. The SMILES string of the molecule is Cc1sc(-n2cccc2)c(C(=O)Nn2cnc3ccccc32)c1C. The predicted octanol–water partition coefficient (Wildman–Crippen LogP) is 3.89. The number of amides is 1. The van der Waals surface area contributed by atoms with E-state index in [0.29, 0.717) is 5.56 Å². The number of hydrogen-bond acceptors (Lipinski definition) is 3. The zero-order valence-corrected chi connectivity index (χ0v) is 14.2. The Morgan fingerprint density at radius 2 is 1.88 bits per heavy atom. The summed E-state index contributed by atoms with van der Waals surface area (Å²) < 4.78 is 3.65. The molecule has 4 rings (SSSR count). The normalized spacial score (nSPS) is 11.1. The van der Waals surface area contributed by atoms with Gasteiger partial charge in [0.05, 0.1) is 16.6 Å². The molecule has 1 amide bonds. The molecule has 3 heterocycles. The topological polar surface area (TPSA) is 51.9 Å². The number of aromatic nitrogens is 3. The molecule has 3 aromatic heterocycles. The van der Waals surface area contributed by atoms with Gasteiger partial charge in [-0.3, -0.25) is 10.2 Å². The molecule has 0 aliphatic rings. The van der Waals surface area contributed by atoms with Crippen LogP contribution in [0.5, 0.6) is 0 Å². The van der Waals surface area contributed by atoms with Crippen molar-refractivity contribution in [3.63, 3.8) is 0 Å². The maximum atomic E-state index is 12.9. The molecule has 0 atom stereocenters. The van der Waals surface area contributed by atoms with Gasteiger partial charge in [-0.25, -0.2) is 9.66 Å². The van der Waals surface area contributed by atoms with E-state index in [0.717, 1.165) is 26.5 Å². The van der Waals surface area contributed by atoms with Crippen LogP contribution in [0.4, 0.5) is 0 Å². The molecule has 1 aromatic carbocycles. The van der Waals surface area contributed by atoms with Gasteiger partial charge in [0.25, 0.3) is 5.91 Å². The number of thiophene rings is 1. The van der Waals surface area contributed by atoms with Crippen LogP contribution in [0.3, 0.4) is 0 Å². The quantitative estimate of drug-likeness (QED) is 0.617. The third-order valence-electron chi connectivity index (χ3n) is 4.11. The van der Waals surface area contributed by atoms with Crippen molar-refractivity contribution in [1.29, 1.82) is 0 Å². The van der Waals surface area contributed by atoms with Gasteiger partial charge in [0.2, 0.25) is 0 Å². The first-order valence-electron chi connectivity index (χ1n) is 7.62. The Labute approximate surface area is 143 Å². The molecule has 0 aliphatic carbocycles. The number of nitrogens with zero attached hydrogens (tertiary/aromatic N) is 3. The zero-order chi connectivity index (χ0) is 16.7. The van der Waals surface area contributed by atoms with Crippen molar-refractivity contribution in [3.8, 4) is 5.00 Å². The van der Waals surface area contributed by atoms with Crippen molar-refractivity contribution in [2.24, 2.45) is 0 Å². The van der Waals surface area contributed by atoms with Crippen molar-refractivity contribution in [2.45, 2.75) is 13.8 Å². The van der Waals surface area contributed by atoms with Crippen LogP contribution in [-0.4, -0.2) is 20.1 Å². The van der Waals surface area contributed by atoms with E-state index < -0.39 is 0 Å². The molecule has 0 saturated heterocycles. The smallest absolute Gasteiger partial charge is 0.273 e. The van der Waals surface area contributed by atoms with E-state index in [9.17, 15) is 4.79 Å². The third kappa shape index (κ3) is 2.32. The van der Waals surface area contributed by atoms with Gasteiger partial charge in [0.15, 0.2) is 0 Å². The van der Waals surface area contributed by atoms with Crippen LogP contribution in [0.15, 0.2) is 55.1 Å². The monoisotopic (exact) mass is 336 g/mol. The summed E-state index contributed by atoms with van der Waals surface area (Å²) >= 11 is 1.62. The number of fused-ring (bicyclic) bond motifs is 1. The first-order chi connectivity index (χ1) is 11.6. The molecule has 5 nitrogen and oxygen atoms in total. The van der Waals surface area contributed by atoms with Crippen LogP contribution in [0.2, 0.25) is 0 Å². The maximum absolute atomic E-state index is 12.9. The van der Waals surface area contributed by atoms with E-state index in [2.05, 4.69) is 10.4 Å². The van der Waals surface area contributed by atoms with Crippen LogP contribution in [-0.2, 0) is 0 Å². The summed E-state index contributed by atoms with van der Waals surface area (Å²) in [6.07, 6.45) is 5.54. The van der Waals surface area contributed by atoms with Gasteiger partial charge in [0.1, 0.15) is 11.3 Å². The number of rotatable bonds is 3. The minimum absolute atomic E-state index is 0.135. The van der Waals surface area contributed by atoms with Gasteiger partial charge in [0, 0.05) is 17.3 Å². The Balaban J connectivity index is 1.75. The van der Waals surface area contributed by atoms with E-state index in [1.807, 2.05) is 67.2 Å². The minimum atomic E-state index is -0.135. The van der Waals surface area contributed by atoms with Crippen LogP contribution >= 0.6 is 11.3 Å². The number of para-hydroxylation sites is 2. The lowest BCUT2D eigenvalue weighted by molar-refractivity contribution is 0.101. The highest BCUT2D eigenvalue weighted by Gasteiger charge is 2.21. The summed E-state index contributed by atoms with van der Waals surface area (Å²) in [7, 11) is 0. The summed E-state index contributed by atoms with van der Waals surface area (Å²) in [5.41, 5.74) is 6.37. The lowest BCUT2D eigenvalue weighted by Gasteiger charge is -2.09. The summed E-state index contributed by atoms with van der Waals surface area (Å²) in [5.74, 6) is -0.135. The number of aryl methyl sites for hydroxylation is 1. The van der Waals surface area contributed by atoms with Crippen molar-refractivity contribution in [1.82, 2.24) is 14.2 Å². The molecule has 0 bridgehead atoms. The summed E-state index contributed by atoms with van der Waals surface area (Å²) in [5, 5.41) is 0.928. The molecule has 120 valence electrons. The van der Waals surface area contributed by atoms with Crippen molar-refractivity contribution in [3.05, 3.63) is 71.1 Å². The second kappa shape index (κ2) is 5.65. The molecule has 1 N–H and O–H groups in total. The number of hydrogen-bond donors (Lipinski definition) is 1. The highest BCUT2D eigenvalue weighted by Crippen LogP contribution is 2.31. The minimum Gasteiger partial charge on any atom is -0.315 e. The molecular formula is C18H16N4OS. The molecule has 0 radical (unpaired) electrons. The average molecular weight is 336 g/mol. The maximum Gasteiger partial charge on any atom is 0.273 e. The van der Waals surface area contributed by atoms with Crippen LogP contribution in [0.25, 0.3) is 16.0 Å². The highest BCUT2D eigenvalue weighted by atomic mass is 32.1. The van der Waals surface area contributed by atoms with Crippen LogP contribution < -0.4 is 5.43 Å². The van der Waals surface area contributed by atoms with Gasteiger partial charge in [-0.1, -0.05) is 12.1 Å². The van der Waals surface area contributed by atoms with Gasteiger partial charge >= 0.3 is 0 Å². The summed E-state index contributed by atoms with van der Waals surface area (Å²) in [6.45, 7) is 4.02. The molecular weight excluding hydrogens is 320 g/mol. The Morgan fingerprint density at radius 1 is 1.12 bits per heavy atom. The fourth-order valence-corrected chi connectivity index (χ4v) is 3.86. The fourth-order valence-electron chi connectivity index (χ4n) is 2.74. The second-order valence-electron chi connectivity index (χ2n) is 5.60. The fraction of sp³-hybridized carbons (Fsp3) is 0.111. The molecule has 6 heteroatoms. The summed E-state index contributed by atoms with van der Waals surface area (Å²) in [6, 6.07) is 11.6. The predicted molar refractivity (Wildman–Crippen MR) is 96.5 cm³/mol. The van der Waals surface area contributed by atoms with Gasteiger partial charge in [-0.15, -0.1) is 11.3 Å². The van der Waals surface area contributed by atoms with Crippen LogP contribution in [0.1, 0.15) is 20.8 Å². The molecule has 0 saturated carbocycles. The lowest BCUT2D eigenvalue weighted by atomic mass is 10.1. The number of nitrogens with one attached hydrogen (secondary N) is 1. The molecule has 24 heavy (non-hydrogen) atoms. The number of imidazole rings is 1. The van der Waals surface area contributed by atoms with Crippen molar-refractivity contribution < 1.29 is 4.79 Å². The number of carbonyl (C=O) groups is 1. The zero-order valence-electron chi connectivity index (χ0n) is 13.4. The Bertz CT molecular complexity index is 1030. The Hall–Kier alpha value is -2.86. The molecule has 0 aliphatic heterocycles. The standard InChI is InChI=1S/C18H16N4OS/c1-12-13(2)24-18(21-9-5-6-10-21)16(12)17(23)20-22-11-19-14-7-3-4-8-15(14)22/h3-11H,1-2H3,(H,20,23). The highest BCUT2D eigenvalue weighted by molar-refractivity contribution is 7.15. The molecule has 4 aromatic rings. The number of benzene rings is 1. The Kier molecular flexibility index (Phi) is 3.46. The summed E-state index contributed by atoms with van der Waals surface area (Å²) in [4.78, 5) is 18.4. The first-order valence-corrected chi connectivity index (χ1v) is 8.43. The van der Waals surface area contributed by atoms with E-state index in [-0.39, 0.29) is 5.91 Å². The Morgan fingerprint density at radius 3 is 2.67 bits per heavy atom. The van der Waals surface area contributed by atoms with E-state index in [1.54, 1.807) is 22.3 Å². The van der Waals surface area contributed by atoms with Crippen molar-refractivity contribution in [2.75, 3.05) is 5.43 Å². The molecule has 0 fully saturated rings. The molecule has 0 spiro atoms. The van der Waals surface area contributed by atoms with Gasteiger partial charge < -0.3 is 4.57 Å². The van der Waals surface area contributed by atoms with Crippen molar-refractivity contribution >= 4 is 28.3 Å². The average Bonchev–Trinajstić information content (AvgIpc) is 3.29. The van der Waals surface area contributed by atoms with Gasteiger partial charge in [-0.05, 0) is 43.7 Å². The van der Waals surface area contributed by atoms with Gasteiger partial charge in [-0.2, -0.15) is 0 Å². The second-order valence-corrected chi connectivity index (χ2v) is 6.80. The lowest BCUT2D eigenvalue weighted by Crippen LogP contribution is -2.23. The van der Waals surface area contributed by atoms with E-state index in [4.69, 9.17) is 0 Å². The largest absolute Gasteiger partial charge is 0.315 e. The third-order valence-corrected chi connectivity index (χ3v) is 5.33. The first kappa shape index (κ1) is 14.7. The van der Waals surface area contributed by atoms with E-state index >= 15 is 0 Å².